The van der Waals surface area contributed by atoms with Gasteiger partial charge in [0.15, 0.2) is 0 Å². The maximum Gasteiger partial charge on any atom is 0.205 e. The van der Waals surface area contributed by atoms with Gasteiger partial charge in [0.1, 0.15) is 5.82 Å². The van der Waals surface area contributed by atoms with Crippen molar-refractivity contribution in [2.75, 3.05) is 18.0 Å². The Labute approximate surface area is 95.1 Å². The molecule has 4 nitrogen and oxygen atoms in total. The van der Waals surface area contributed by atoms with Gasteiger partial charge >= 0.3 is 0 Å². The monoisotopic (exact) mass is 229 g/mol. The van der Waals surface area contributed by atoms with Crippen LogP contribution in [-0.4, -0.2) is 33.2 Å². The van der Waals surface area contributed by atoms with E-state index in [9.17, 15) is 5.11 Å². The number of hydrogen-bond acceptors (Lipinski definition) is 5. The van der Waals surface area contributed by atoms with Crippen molar-refractivity contribution in [3.63, 3.8) is 0 Å². The Hall–Kier alpha value is -0.680. The molecule has 1 rings (SSSR count). The Kier molecular flexibility index (Phi) is 4.04. The summed E-state index contributed by atoms with van der Waals surface area (Å²) in [6.07, 6.45) is 0.858. The first-order valence-corrected chi connectivity index (χ1v) is 6.03. The fraction of sp³-hybridized carbons (Fsp3) is 0.800. The molecule has 0 atom stereocenters. The first-order chi connectivity index (χ1) is 6.96. The predicted molar refractivity (Wildman–Crippen MR) is 63.5 cm³/mol. The Morgan fingerprint density at radius 2 is 2.07 bits per heavy atom. The summed E-state index contributed by atoms with van der Waals surface area (Å²) in [5, 5.41) is 10.7. The number of aromatic nitrogens is 2. The van der Waals surface area contributed by atoms with Crippen molar-refractivity contribution in [1.82, 2.24) is 9.36 Å². The molecule has 0 aliphatic heterocycles. The molecule has 0 spiro atoms. The summed E-state index contributed by atoms with van der Waals surface area (Å²) >= 11 is 1.40. The second-order valence-corrected chi connectivity index (χ2v) is 4.90. The smallest absolute Gasteiger partial charge is 0.205 e. The second-order valence-electron chi connectivity index (χ2n) is 4.17. The highest BCUT2D eigenvalue weighted by Crippen LogP contribution is 2.19. The highest BCUT2D eigenvalue weighted by molar-refractivity contribution is 7.09. The minimum Gasteiger partial charge on any atom is -0.389 e. The number of hydrogen-bond donors (Lipinski definition) is 1. The largest absolute Gasteiger partial charge is 0.389 e. The van der Waals surface area contributed by atoms with Crippen molar-refractivity contribution >= 4 is 16.7 Å². The molecule has 0 unspecified atom stereocenters. The standard InChI is InChI=1S/C10H19N3OS/c1-5-8-11-9(15-12-8)13(6-2)7-10(3,4)14/h14H,5-7H2,1-4H3. The molecule has 0 amide bonds. The second kappa shape index (κ2) is 4.90. The quantitative estimate of drug-likeness (QED) is 0.835. The van der Waals surface area contributed by atoms with E-state index in [1.807, 2.05) is 6.92 Å². The van der Waals surface area contributed by atoms with E-state index in [1.54, 1.807) is 13.8 Å². The molecular formula is C10H19N3OS. The number of likely N-dealkylation sites (N-methyl/N-ethyl adjacent to an activating group) is 1. The number of rotatable bonds is 5. The van der Waals surface area contributed by atoms with Gasteiger partial charge in [0.05, 0.1) is 5.60 Å². The molecule has 1 aromatic heterocycles. The van der Waals surface area contributed by atoms with Crippen LogP contribution in [0.3, 0.4) is 0 Å². The van der Waals surface area contributed by atoms with Crippen LogP contribution in [0.1, 0.15) is 33.5 Å². The Morgan fingerprint density at radius 1 is 1.40 bits per heavy atom. The lowest BCUT2D eigenvalue weighted by atomic mass is 10.1. The van der Waals surface area contributed by atoms with Gasteiger partial charge in [-0.1, -0.05) is 6.92 Å². The van der Waals surface area contributed by atoms with Crippen molar-refractivity contribution in [2.24, 2.45) is 0 Å². The molecule has 0 radical (unpaired) electrons. The third-order valence-corrected chi connectivity index (χ3v) is 2.82. The number of aliphatic hydroxyl groups is 1. The molecule has 0 aliphatic rings. The van der Waals surface area contributed by atoms with Gasteiger partial charge in [-0.3, -0.25) is 0 Å². The van der Waals surface area contributed by atoms with Crippen molar-refractivity contribution in [3.8, 4) is 0 Å². The summed E-state index contributed by atoms with van der Waals surface area (Å²) in [6, 6.07) is 0. The van der Waals surface area contributed by atoms with E-state index in [-0.39, 0.29) is 0 Å². The molecular weight excluding hydrogens is 210 g/mol. The Bertz CT molecular complexity index is 306. The number of nitrogens with zero attached hydrogens (tertiary/aromatic N) is 3. The van der Waals surface area contributed by atoms with Gasteiger partial charge in [-0.2, -0.15) is 4.37 Å². The van der Waals surface area contributed by atoms with Crippen LogP contribution in [-0.2, 0) is 6.42 Å². The minimum absolute atomic E-state index is 0.585. The normalized spacial score (nSPS) is 11.8. The van der Waals surface area contributed by atoms with E-state index in [1.165, 1.54) is 11.5 Å². The molecule has 1 aromatic rings. The fourth-order valence-electron chi connectivity index (χ4n) is 1.30. The summed E-state index contributed by atoms with van der Waals surface area (Å²) < 4.78 is 4.24. The molecule has 0 bridgehead atoms. The van der Waals surface area contributed by atoms with Crippen LogP contribution in [0.2, 0.25) is 0 Å². The van der Waals surface area contributed by atoms with Crippen LogP contribution in [0.15, 0.2) is 0 Å². The zero-order chi connectivity index (χ0) is 11.5. The maximum absolute atomic E-state index is 9.76. The highest BCUT2D eigenvalue weighted by Gasteiger charge is 2.19. The summed E-state index contributed by atoms with van der Waals surface area (Å²) in [4.78, 5) is 6.46. The summed E-state index contributed by atoms with van der Waals surface area (Å²) in [5.74, 6) is 0.879. The molecule has 86 valence electrons. The zero-order valence-electron chi connectivity index (χ0n) is 9.82. The van der Waals surface area contributed by atoms with Crippen LogP contribution < -0.4 is 4.90 Å². The highest BCUT2D eigenvalue weighted by atomic mass is 32.1. The first-order valence-electron chi connectivity index (χ1n) is 5.26. The first kappa shape index (κ1) is 12.4. The number of anilines is 1. The third-order valence-electron chi connectivity index (χ3n) is 2.00. The molecule has 15 heavy (non-hydrogen) atoms. The van der Waals surface area contributed by atoms with Gasteiger partial charge in [0.2, 0.25) is 5.13 Å². The molecule has 5 heteroatoms. The molecule has 0 saturated heterocycles. The third kappa shape index (κ3) is 3.76. The van der Waals surface area contributed by atoms with Crippen LogP contribution in [0, 0.1) is 0 Å². The summed E-state index contributed by atoms with van der Waals surface area (Å²) in [6.45, 7) is 9.12. The van der Waals surface area contributed by atoms with Crippen molar-refractivity contribution in [2.45, 2.75) is 39.7 Å². The predicted octanol–water partition coefficient (Wildman–Crippen LogP) is 1.70. The fourth-order valence-corrected chi connectivity index (χ4v) is 2.11. The minimum atomic E-state index is -0.700. The lowest BCUT2D eigenvalue weighted by Gasteiger charge is -2.27. The lowest BCUT2D eigenvalue weighted by molar-refractivity contribution is 0.0876. The Balaban J connectivity index is 2.74. The van der Waals surface area contributed by atoms with Crippen LogP contribution in [0.5, 0.6) is 0 Å². The molecule has 0 aromatic carbocycles. The summed E-state index contributed by atoms with van der Waals surface area (Å²) in [7, 11) is 0. The lowest BCUT2D eigenvalue weighted by Crippen LogP contribution is -2.38. The average Bonchev–Trinajstić information content (AvgIpc) is 2.60. The average molecular weight is 229 g/mol. The summed E-state index contributed by atoms with van der Waals surface area (Å²) in [5.41, 5.74) is -0.700. The van der Waals surface area contributed by atoms with Crippen molar-refractivity contribution in [1.29, 1.82) is 0 Å². The van der Waals surface area contributed by atoms with E-state index >= 15 is 0 Å². The SMILES string of the molecule is CCc1nsc(N(CC)CC(C)(C)O)n1. The van der Waals surface area contributed by atoms with Gasteiger partial charge < -0.3 is 10.0 Å². The van der Waals surface area contributed by atoms with Crippen molar-refractivity contribution < 1.29 is 5.11 Å². The van der Waals surface area contributed by atoms with Gasteiger partial charge in [-0.25, -0.2) is 4.98 Å². The van der Waals surface area contributed by atoms with E-state index < -0.39 is 5.60 Å². The molecule has 1 heterocycles. The molecule has 1 N–H and O–H groups in total. The molecule has 0 fully saturated rings. The van der Waals surface area contributed by atoms with Crippen molar-refractivity contribution in [3.05, 3.63) is 5.82 Å². The van der Waals surface area contributed by atoms with E-state index in [2.05, 4.69) is 21.2 Å². The topological polar surface area (TPSA) is 49.2 Å². The van der Waals surface area contributed by atoms with Gasteiger partial charge in [0.25, 0.3) is 0 Å². The maximum atomic E-state index is 9.76. The molecule has 0 saturated carbocycles. The molecule has 0 aliphatic carbocycles. The van der Waals surface area contributed by atoms with Crippen LogP contribution in [0.4, 0.5) is 5.13 Å². The van der Waals surface area contributed by atoms with E-state index in [4.69, 9.17) is 0 Å². The van der Waals surface area contributed by atoms with Gasteiger partial charge in [-0.05, 0) is 20.8 Å². The van der Waals surface area contributed by atoms with Gasteiger partial charge in [-0.15, -0.1) is 0 Å². The van der Waals surface area contributed by atoms with E-state index in [0.717, 1.165) is 23.9 Å². The van der Waals surface area contributed by atoms with E-state index in [0.29, 0.717) is 6.54 Å². The number of aryl methyl sites for hydroxylation is 1. The van der Waals surface area contributed by atoms with Crippen LogP contribution in [0.25, 0.3) is 0 Å². The zero-order valence-corrected chi connectivity index (χ0v) is 10.6. The van der Waals surface area contributed by atoms with Gasteiger partial charge in [0, 0.05) is 31.0 Å². The Morgan fingerprint density at radius 3 is 2.47 bits per heavy atom. The van der Waals surface area contributed by atoms with Crippen LogP contribution >= 0.6 is 11.5 Å².